The van der Waals surface area contributed by atoms with E-state index in [0.29, 0.717) is 41.8 Å². The van der Waals surface area contributed by atoms with Gasteiger partial charge in [0.15, 0.2) is 5.17 Å². The molecule has 0 aromatic heterocycles. The number of esters is 1. The fourth-order valence-electron chi connectivity index (χ4n) is 3.26. The lowest BCUT2D eigenvalue weighted by Crippen LogP contribution is -2.45. The number of hydrogen-bond donors (Lipinski definition) is 0. The van der Waals surface area contributed by atoms with E-state index < -0.39 is 12.0 Å². The largest absolute Gasteiger partial charge is 0.494 e. The molecule has 2 aliphatic heterocycles. The molecule has 1 amide bonds. The Bertz CT molecular complexity index is 830. The molecule has 1 atom stereocenters. The second-order valence-electron chi connectivity index (χ2n) is 7.57. The predicted octanol–water partition coefficient (Wildman–Crippen LogP) is 4.32. The van der Waals surface area contributed by atoms with Gasteiger partial charge < -0.3 is 9.47 Å². The van der Waals surface area contributed by atoms with Gasteiger partial charge in [-0.05, 0) is 37.0 Å². The van der Waals surface area contributed by atoms with Crippen LogP contribution in [0.25, 0.3) is 0 Å². The molecule has 1 fully saturated rings. The lowest BCUT2D eigenvalue weighted by atomic mass is 9.94. The number of nitrogens with zero attached hydrogens (tertiary/aromatic N) is 2. The van der Waals surface area contributed by atoms with Crippen molar-refractivity contribution in [3.63, 3.8) is 0 Å². The minimum atomic E-state index is -0.539. The maximum Gasteiger partial charge on any atom is 0.338 e. The number of amidine groups is 1. The molecule has 3 rings (SSSR count). The van der Waals surface area contributed by atoms with E-state index in [0.717, 1.165) is 17.7 Å². The average molecular weight is 417 g/mol. The maximum absolute atomic E-state index is 13.0. The van der Waals surface area contributed by atoms with Crippen LogP contribution in [0.4, 0.5) is 0 Å². The summed E-state index contributed by atoms with van der Waals surface area (Å²) in [5.74, 6) is 1.25. The molecule has 0 bridgehead atoms. The molecule has 6 nitrogen and oxygen atoms in total. The Morgan fingerprint density at radius 1 is 1.31 bits per heavy atom. The smallest absolute Gasteiger partial charge is 0.338 e. The maximum atomic E-state index is 13.0. The molecule has 0 unspecified atom stereocenters. The number of allylic oxidation sites excluding steroid dienone is 1. The van der Waals surface area contributed by atoms with Crippen LogP contribution in [0.3, 0.4) is 0 Å². The summed E-state index contributed by atoms with van der Waals surface area (Å²) >= 11 is 1.54. The number of fused-ring (bicyclic) bond motifs is 1. The van der Waals surface area contributed by atoms with Gasteiger partial charge in [-0.1, -0.05) is 44.7 Å². The highest BCUT2D eigenvalue weighted by Crippen LogP contribution is 2.40. The van der Waals surface area contributed by atoms with Gasteiger partial charge in [0.25, 0.3) is 0 Å². The van der Waals surface area contributed by atoms with Gasteiger partial charge in [-0.3, -0.25) is 9.69 Å². The molecule has 0 radical (unpaired) electrons. The summed E-state index contributed by atoms with van der Waals surface area (Å²) in [5, 5.41) is 0.649. The molecule has 0 saturated carbocycles. The third-order valence-electron chi connectivity index (χ3n) is 4.64. The van der Waals surface area contributed by atoms with Gasteiger partial charge in [0, 0.05) is 12.2 Å². The molecule has 2 aliphatic rings. The van der Waals surface area contributed by atoms with Crippen molar-refractivity contribution < 1.29 is 19.1 Å². The Hall–Kier alpha value is -2.28. The van der Waals surface area contributed by atoms with Crippen molar-refractivity contribution in [3.05, 3.63) is 41.1 Å². The molecule has 0 aliphatic carbocycles. The number of ether oxygens (including phenoxy) is 2. The van der Waals surface area contributed by atoms with Crippen LogP contribution in [0.1, 0.15) is 52.1 Å². The molecular formula is C22H28N2O4S. The van der Waals surface area contributed by atoms with Crippen LogP contribution in [-0.2, 0) is 14.3 Å². The van der Waals surface area contributed by atoms with Gasteiger partial charge in [-0.25, -0.2) is 9.79 Å². The number of amides is 1. The molecule has 29 heavy (non-hydrogen) atoms. The first-order chi connectivity index (χ1) is 13.9. The van der Waals surface area contributed by atoms with Crippen LogP contribution in [-0.4, -0.2) is 40.9 Å². The van der Waals surface area contributed by atoms with E-state index in [1.807, 2.05) is 45.0 Å². The van der Waals surface area contributed by atoms with Crippen molar-refractivity contribution in [3.8, 4) is 5.75 Å². The summed E-state index contributed by atoms with van der Waals surface area (Å²) in [7, 11) is 0. The number of benzene rings is 1. The van der Waals surface area contributed by atoms with Crippen LogP contribution < -0.4 is 4.74 Å². The molecular weight excluding hydrogens is 388 g/mol. The first-order valence-electron chi connectivity index (χ1n) is 10.1. The predicted molar refractivity (Wildman–Crippen MR) is 115 cm³/mol. The van der Waals surface area contributed by atoms with Gasteiger partial charge in [0.2, 0.25) is 5.91 Å². The molecule has 1 aromatic rings. The normalized spacial score (nSPS) is 19.2. The Kier molecular flexibility index (Phi) is 7.00. The van der Waals surface area contributed by atoms with Crippen LogP contribution in [0, 0.1) is 5.92 Å². The Morgan fingerprint density at radius 3 is 2.69 bits per heavy atom. The molecule has 2 heterocycles. The fraction of sp³-hybridized carbons (Fsp3) is 0.500. The van der Waals surface area contributed by atoms with Crippen LogP contribution in [0.2, 0.25) is 0 Å². The second-order valence-corrected chi connectivity index (χ2v) is 8.63. The highest BCUT2D eigenvalue weighted by Gasteiger charge is 2.41. The van der Waals surface area contributed by atoms with Gasteiger partial charge in [0.1, 0.15) is 5.75 Å². The number of hydrogen-bond acceptors (Lipinski definition) is 6. The molecule has 156 valence electrons. The van der Waals surface area contributed by atoms with Gasteiger partial charge in [0.05, 0.1) is 30.5 Å². The van der Waals surface area contributed by atoms with Crippen molar-refractivity contribution in [1.82, 2.24) is 4.90 Å². The third kappa shape index (κ3) is 4.83. The number of carbonyl (C=O) groups is 2. The Labute approximate surface area is 176 Å². The molecule has 0 spiro atoms. The van der Waals surface area contributed by atoms with Crippen molar-refractivity contribution in [2.24, 2.45) is 10.9 Å². The standard InChI is InChI=1S/C22H28N2O4S/c1-5-11-27-17-8-6-16(7-9-17)20-19(21(26)28-13-14(2)3)15(4)23-22-24(20)18(25)10-12-29-22/h6-9,14,20H,5,10-13H2,1-4H3/t20-/m0/s1. The van der Waals surface area contributed by atoms with E-state index >= 15 is 0 Å². The van der Waals surface area contributed by atoms with Crippen LogP contribution in [0.5, 0.6) is 5.75 Å². The van der Waals surface area contributed by atoms with E-state index in [1.165, 1.54) is 0 Å². The first-order valence-corrected chi connectivity index (χ1v) is 11.0. The van der Waals surface area contributed by atoms with Gasteiger partial charge in [-0.2, -0.15) is 0 Å². The van der Waals surface area contributed by atoms with Crippen molar-refractivity contribution in [2.45, 2.75) is 46.6 Å². The average Bonchev–Trinajstić information content (AvgIpc) is 2.70. The van der Waals surface area contributed by atoms with E-state index in [4.69, 9.17) is 9.47 Å². The fourth-order valence-corrected chi connectivity index (χ4v) is 4.27. The summed E-state index contributed by atoms with van der Waals surface area (Å²) in [6.45, 7) is 8.81. The monoisotopic (exact) mass is 416 g/mol. The Balaban J connectivity index is 1.99. The van der Waals surface area contributed by atoms with Crippen LogP contribution >= 0.6 is 11.8 Å². The number of thioether (sulfide) groups is 1. The molecule has 0 N–H and O–H groups in total. The van der Waals surface area contributed by atoms with Crippen LogP contribution in [0.15, 0.2) is 40.5 Å². The van der Waals surface area contributed by atoms with E-state index in [-0.39, 0.29) is 11.8 Å². The molecule has 7 heteroatoms. The van der Waals surface area contributed by atoms with Gasteiger partial charge in [-0.15, -0.1) is 0 Å². The third-order valence-corrected chi connectivity index (χ3v) is 5.60. The zero-order chi connectivity index (χ0) is 21.0. The van der Waals surface area contributed by atoms with E-state index in [2.05, 4.69) is 11.9 Å². The summed E-state index contributed by atoms with van der Waals surface area (Å²) in [5.41, 5.74) is 1.86. The highest BCUT2D eigenvalue weighted by molar-refractivity contribution is 8.14. The summed E-state index contributed by atoms with van der Waals surface area (Å²) in [6, 6.07) is 7.04. The van der Waals surface area contributed by atoms with Crippen molar-refractivity contribution in [1.29, 1.82) is 0 Å². The number of rotatable bonds is 7. The zero-order valence-corrected chi connectivity index (χ0v) is 18.3. The number of aliphatic imine (C=N–C) groups is 1. The summed E-state index contributed by atoms with van der Waals surface area (Å²) < 4.78 is 11.2. The molecule has 1 aromatic carbocycles. The zero-order valence-electron chi connectivity index (χ0n) is 17.4. The molecule has 1 saturated heterocycles. The lowest BCUT2D eigenvalue weighted by Gasteiger charge is -2.39. The topological polar surface area (TPSA) is 68.2 Å². The SMILES string of the molecule is CCCOc1ccc([C@H]2C(C(=O)OCC(C)C)=C(C)N=C3SCCC(=O)N32)cc1. The van der Waals surface area contributed by atoms with Gasteiger partial charge >= 0.3 is 5.97 Å². The minimum absolute atomic E-state index is 0.0273. The minimum Gasteiger partial charge on any atom is -0.494 e. The highest BCUT2D eigenvalue weighted by atomic mass is 32.2. The quantitative estimate of drug-likeness (QED) is 0.619. The Morgan fingerprint density at radius 2 is 2.03 bits per heavy atom. The number of carbonyl (C=O) groups excluding carboxylic acids is 2. The first kappa shape index (κ1) is 21.4. The van der Waals surface area contributed by atoms with Crippen molar-refractivity contribution in [2.75, 3.05) is 19.0 Å². The van der Waals surface area contributed by atoms with Crippen molar-refractivity contribution >= 4 is 28.8 Å². The second kappa shape index (κ2) is 9.48. The summed E-state index contributed by atoms with van der Waals surface area (Å²) in [6.07, 6.45) is 1.35. The lowest BCUT2D eigenvalue weighted by molar-refractivity contribution is -0.141. The van der Waals surface area contributed by atoms with E-state index in [1.54, 1.807) is 16.7 Å². The summed E-state index contributed by atoms with van der Waals surface area (Å²) in [4.78, 5) is 32.0. The van der Waals surface area contributed by atoms with E-state index in [9.17, 15) is 9.59 Å².